The van der Waals surface area contributed by atoms with Crippen LogP contribution in [0.3, 0.4) is 0 Å². The smallest absolute Gasteiger partial charge is 0.223 e. The minimum atomic E-state index is 0.0849. The summed E-state index contributed by atoms with van der Waals surface area (Å²) in [4.78, 5) is 27.4. The predicted octanol–water partition coefficient (Wildman–Crippen LogP) is 2.84. The van der Waals surface area contributed by atoms with Crippen LogP contribution < -0.4 is 5.32 Å². The molecule has 1 aromatic rings. The van der Waals surface area contributed by atoms with Crippen LogP contribution in [0.5, 0.6) is 0 Å². The number of amides is 2. The lowest BCUT2D eigenvalue weighted by atomic mass is 9.95. The van der Waals surface area contributed by atoms with Crippen LogP contribution in [-0.4, -0.2) is 36.3 Å². The molecule has 0 radical (unpaired) electrons. The summed E-state index contributed by atoms with van der Waals surface area (Å²) in [7, 11) is 0. The van der Waals surface area contributed by atoms with Gasteiger partial charge < -0.3 is 10.2 Å². The number of carbonyl (C=O) groups excluding carboxylic acids is 2. The fourth-order valence-corrected chi connectivity index (χ4v) is 3.56. The Hall–Kier alpha value is -1.36. The van der Waals surface area contributed by atoms with Gasteiger partial charge in [0.15, 0.2) is 0 Å². The second-order valence-electron chi connectivity index (χ2n) is 5.88. The van der Waals surface area contributed by atoms with Gasteiger partial charge >= 0.3 is 0 Å². The van der Waals surface area contributed by atoms with Crippen molar-refractivity contribution in [3.63, 3.8) is 0 Å². The number of aryl methyl sites for hydroxylation is 1. The van der Waals surface area contributed by atoms with Crippen LogP contribution >= 0.6 is 11.3 Å². The first-order valence-electron chi connectivity index (χ1n) is 8.28. The lowest BCUT2D eigenvalue weighted by Crippen LogP contribution is -2.43. The van der Waals surface area contributed by atoms with E-state index in [2.05, 4.69) is 29.8 Å². The quantitative estimate of drug-likeness (QED) is 0.839. The summed E-state index contributed by atoms with van der Waals surface area (Å²) in [6, 6.07) is 4.17. The molecule has 0 atom stereocenters. The molecule has 0 saturated carbocycles. The Balaban J connectivity index is 1.65. The first kappa shape index (κ1) is 17.0. The second-order valence-corrected chi connectivity index (χ2v) is 6.91. The van der Waals surface area contributed by atoms with Gasteiger partial charge in [-0.15, -0.1) is 11.3 Å². The van der Waals surface area contributed by atoms with Gasteiger partial charge in [-0.05, 0) is 43.6 Å². The normalized spacial score (nSPS) is 15.8. The van der Waals surface area contributed by atoms with Crippen LogP contribution in [0.15, 0.2) is 17.5 Å². The summed E-state index contributed by atoms with van der Waals surface area (Å²) < 4.78 is 0. The zero-order valence-electron chi connectivity index (χ0n) is 13.3. The standard InChI is InChI=1S/C17H26N2O2S/c1-2-10-18-17(21)14-8-11-19(12-9-14)16(20)7-3-5-15-6-4-13-22-15/h4,6,13-14H,2-3,5,7-12H2,1H3,(H,18,21). The molecule has 22 heavy (non-hydrogen) atoms. The monoisotopic (exact) mass is 322 g/mol. The molecule has 1 aromatic heterocycles. The third-order valence-corrected chi connectivity index (χ3v) is 5.10. The van der Waals surface area contributed by atoms with Crippen molar-refractivity contribution >= 4 is 23.2 Å². The van der Waals surface area contributed by atoms with Gasteiger partial charge in [-0.25, -0.2) is 0 Å². The van der Waals surface area contributed by atoms with E-state index in [1.165, 1.54) is 4.88 Å². The van der Waals surface area contributed by atoms with Crippen molar-refractivity contribution < 1.29 is 9.59 Å². The summed E-state index contributed by atoms with van der Waals surface area (Å²) in [6.45, 7) is 4.25. The molecule has 2 rings (SSSR count). The van der Waals surface area contributed by atoms with Gasteiger partial charge in [0.1, 0.15) is 0 Å². The molecule has 2 heterocycles. The Labute approximate surface area is 136 Å². The van der Waals surface area contributed by atoms with Gasteiger partial charge in [0.05, 0.1) is 0 Å². The van der Waals surface area contributed by atoms with Gasteiger partial charge in [-0.1, -0.05) is 13.0 Å². The van der Waals surface area contributed by atoms with Crippen LogP contribution in [0.2, 0.25) is 0 Å². The zero-order valence-corrected chi connectivity index (χ0v) is 14.2. The van der Waals surface area contributed by atoms with E-state index in [9.17, 15) is 9.59 Å². The molecular formula is C17H26N2O2S. The van der Waals surface area contributed by atoms with Crippen LogP contribution in [-0.2, 0) is 16.0 Å². The molecule has 1 aliphatic heterocycles. The second kappa shape index (κ2) is 8.93. The zero-order chi connectivity index (χ0) is 15.8. The molecule has 1 saturated heterocycles. The molecule has 122 valence electrons. The number of hydrogen-bond acceptors (Lipinski definition) is 3. The summed E-state index contributed by atoms with van der Waals surface area (Å²) in [6.07, 6.45) is 5.08. The highest BCUT2D eigenvalue weighted by Crippen LogP contribution is 2.19. The van der Waals surface area contributed by atoms with Crippen molar-refractivity contribution in [2.75, 3.05) is 19.6 Å². The highest BCUT2D eigenvalue weighted by molar-refractivity contribution is 7.09. The third kappa shape index (κ3) is 5.13. The number of nitrogens with one attached hydrogen (secondary N) is 1. The van der Waals surface area contributed by atoms with E-state index >= 15 is 0 Å². The Morgan fingerprint density at radius 3 is 2.77 bits per heavy atom. The van der Waals surface area contributed by atoms with Gasteiger partial charge in [-0.3, -0.25) is 9.59 Å². The van der Waals surface area contributed by atoms with E-state index in [0.29, 0.717) is 6.42 Å². The van der Waals surface area contributed by atoms with Crippen molar-refractivity contribution in [3.8, 4) is 0 Å². The lowest BCUT2D eigenvalue weighted by Gasteiger charge is -2.31. The average Bonchev–Trinajstić information content (AvgIpc) is 3.06. The van der Waals surface area contributed by atoms with Crippen molar-refractivity contribution in [1.82, 2.24) is 10.2 Å². The number of rotatable bonds is 7. The lowest BCUT2D eigenvalue weighted by molar-refractivity contribution is -0.135. The Morgan fingerprint density at radius 1 is 1.36 bits per heavy atom. The molecule has 1 fully saturated rings. The predicted molar refractivity (Wildman–Crippen MR) is 89.9 cm³/mol. The summed E-state index contributed by atoms with van der Waals surface area (Å²) in [5.41, 5.74) is 0. The first-order valence-corrected chi connectivity index (χ1v) is 9.16. The fraction of sp³-hybridized carbons (Fsp3) is 0.647. The maximum Gasteiger partial charge on any atom is 0.223 e. The first-order chi connectivity index (χ1) is 10.7. The number of hydrogen-bond donors (Lipinski definition) is 1. The summed E-state index contributed by atoms with van der Waals surface area (Å²) >= 11 is 1.75. The fourth-order valence-electron chi connectivity index (χ4n) is 2.81. The maximum atomic E-state index is 12.2. The highest BCUT2D eigenvalue weighted by Gasteiger charge is 2.26. The molecule has 1 N–H and O–H groups in total. The molecule has 0 bridgehead atoms. The summed E-state index contributed by atoms with van der Waals surface area (Å²) in [5.74, 6) is 0.484. The molecule has 1 aliphatic rings. The van der Waals surface area contributed by atoms with Crippen molar-refractivity contribution in [1.29, 1.82) is 0 Å². The SMILES string of the molecule is CCCNC(=O)C1CCN(C(=O)CCCc2cccs2)CC1. The van der Waals surface area contributed by atoms with E-state index < -0.39 is 0 Å². The van der Waals surface area contributed by atoms with Crippen molar-refractivity contribution in [2.45, 2.75) is 45.4 Å². The number of piperidine rings is 1. The minimum absolute atomic E-state index is 0.0849. The van der Waals surface area contributed by atoms with Gasteiger partial charge in [-0.2, -0.15) is 0 Å². The minimum Gasteiger partial charge on any atom is -0.356 e. The molecule has 0 unspecified atom stereocenters. The molecule has 0 aromatic carbocycles. The van der Waals surface area contributed by atoms with E-state index in [0.717, 1.165) is 51.7 Å². The van der Waals surface area contributed by atoms with Crippen molar-refractivity contribution in [2.24, 2.45) is 5.92 Å². The number of thiophene rings is 1. The summed E-state index contributed by atoms with van der Waals surface area (Å²) in [5, 5.41) is 5.03. The van der Waals surface area contributed by atoms with Crippen LogP contribution in [0, 0.1) is 5.92 Å². The molecule has 0 aliphatic carbocycles. The molecule has 2 amide bonds. The van der Waals surface area contributed by atoms with Gasteiger partial charge in [0.25, 0.3) is 0 Å². The Kier molecular flexibility index (Phi) is 6.90. The van der Waals surface area contributed by atoms with E-state index in [1.807, 2.05) is 4.90 Å². The van der Waals surface area contributed by atoms with E-state index in [4.69, 9.17) is 0 Å². The van der Waals surface area contributed by atoms with Crippen LogP contribution in [0.4, 0.5) is 0 Å². The molecule has 4 nitrogen and oxygen atoms in total. The largest absolute Gasteiger partial charge is 0.356 e. The Bertz CT molecular complexity index is 465. The number of likely N-dealkylation sites (tertiary alicyclic amines) is 1. The average molecular weight is 322 g/mol. The third-order valence-electron chi connectivity index (χ3n) is 4.16. The van der Waals surface area contributed by atoms with E-state index in [-0.39, 0.29) is 17.7 Å². The van der Waals surface area contributed by atoms with E-state index in [1.54, 1.807) is 11.3 Å². The number of carbonyl (C=O) groups is 2. The number of nitrogens with zero attached hydrogens (tertiary/aromatic N) is 1. The highest BCUT2D eigenvalue weighted by atomic mass is 32.1. The topological polar surface area (TPSA) is 49.4 Å². The van der Waals surface area contributed by atoms with Crippen LogP contribution in [0.25, 0.3) is 0 Å². The van der Waals surface area contributed by atoms with Gasteiger partial charge in [0.2, 0.25) is 11.8 Å². The maximum absolute atomic E-state index is 12.2. The van der Waals surface area contributed by atoms with Crippen molar-refractivity contribution in [3.05, 3.63) is 22.4 Å². The molecule has 5 heteroatoms. The molecular weight excluding hydrogens is 296 g/mol. The van der Waals surface area contributed by atoms with Crippen LogP contribution in [0.1, 0.15) is 43.9 Å². The molecule has 0 spiro atoms. The van der Waals surface area contributed by atoms with Gasteiger partial charge in [0, 0.05) is 36.9 Å². The Morgan fingerprint density at radius 2 is 2.14 bits per heavy atom.